The van der Waals surface area contributed by atoms with E-state index in [4.69, 9.17) is 18.9 Å². The molecule has 0 aromatic heterocycles. The number of hydrogen-bond donors (Lipinski definition) is 2. The van der Waals surface area contributed by atoms with Crippen LogP contribution in [0.4, 0.5) is 4.39 Å². The Labute approximate surface area is 251 Å². The molecule has 2 N–H and O–H groups in total. The topological polar surface area (TPSA) is 125 Å². The molecule has 0 radical (unpaired) electrons. The fourth-order valence-electron chi connectivity index (χ4n) is 4.04. The van der Waals surface area contributed by atoms with E-state index in [9.17, 15) is 18.8 Å². The highest BCUT2D eigenvalue weighted by Gasteiger charge is 2.17. The van der Waals surface area contributed by atoms with Crippen molar-refractivity contribution in [2.45, 2.75) is 6.92 Å². The second-order valence-electron chi connectivity index (χ2n) is 9.23. The molecule has 5 rings (SSSR count). The van der Waals surface area contributed by atoms with Crippen LogP contribution in [-0.2, 0) is 4.79 Å². The van der Waals surface area contributed by atoms with Gasteiger partial charge < -0.3 is 24.3 Å². The number of hydrazone groups is 1. The zero-order chi connectivity index (χ0) is 30.9. The summed E-state index contributed by atoms with van der Waals surface area (Å²) in [5.41, 5.74) is 4.00. The number of carbonyl (C=O) groups is 3. The van der Waals surface area contributed by atoms with E-state index < -0.39 is 23.6 Å². The molecule has 2 amide bonds. The number of ether oxygens (including phenoxy) is 4. The van der Waals surface area contributed by atoms with Gasteiger partial charge in [-0.1, -0.05) is 24.3 Å². The van der Waals surface area contributed by atoms with E-state index in [1.165, 1.54) is 30.5 Å². The number of halogens is 1. The molecule has 222 valence electrons. The van der Waals surface area contributed by atoms with Crippen molar-refractivity contribution in [3.63, 3.8) is 0 Å². The summed E-state index contributed by atoms with van der Waals surface area (Å²) in [4.78, 5) is 38.5. The molecule has 1 heterocycles. The maximum atomic E-state index is 13.2. The van der Waals surface area contributed by atoms with E-state index in [0.29, 0.717) is 28.2 Å². The highest BCUT2D eigenvalue weighted by molar-refractivity contribution is 6.05. The van der Waals surface area contributed by atoms with Gasteiger partial charge in [0.1, 0.15) is 11.5 Å². The van der Waals surface area contributed by atoms with Crippen molar-refractivity contribution in [2.24, 2.45) is 5.10 Å². The van der Waals surface area contributed by atoms with Crippen LogP contribution >= 0.6 is 0 Å². The van der Waals surface area contributed by atoms with Crippen molar-refractivity contribution in [1.29, 1.82) is 0 Å². The molecule has 0 unspecified atom stereocenters. The van der Waals surface area contributed by atoms with Gasteiger partial charge in [0.25, 0.3) is 11.8 Å². The number of benzene rings is 4. The lowest BCUT2D eigenvalue weighted by atomic mass is 10.1. The van der Waals surface area contributed by atoms with Gasteiger partial charge in [0.2, 0.25) is 6.79 Å². The molecule has 44 heavy (non-hydrogen) atoms. The minimum absolute atomic E-state index is 0.0621. The maximum absolute atomic E-state index is 13.2. The monoisotopic (exact) mass is 595 g/mol. The van der Waals surface area contributed by atoms with Crippen molar-refractivity contribution < 1.29 is 37.7 Å². The van der Waals surface area contributed by atoms with Gasteiger partial charge in [-0.25, -0.2) is 14.6 Å². The summed E-state index contributed by atoms with van der Waals surface area (Å²) >= 11 is 0. The summed E-state index contributed by atoms with van der Waals surface area (Å²) < 4.78 is 35.0. The molecule has 11 heteroatoms. The van der Waals surface area contributed by atoms with Crippen molar-refractivity contribution in [1.82, 2.24) is 10.7 Å². The molecule has 0 saturated carbocycles. The minimum atomic E-state index is -0.682. The number of esters is 1. The van der Waals surface area contributed by atoms with E-state index in [2.05, 4.69) is 15.8 Å². The number of carbonyl (C=O) groups excluding carboxylic acids is 3. The third-order valence-electron chi connectivity index (χ3n) is 6.17. The molecule has 0 spiro atoms. The van der Waals surface area contributed by atoms with Gasteiger partial charge in [0, 0.05) is 5.56 Å². The van der Waals surface area contributed by atoms with E-state index in [-0.39, 0.29) is 36.2 Å². The van der Waals surface area contributed by atoms with E-state index >= 15 is 0 Å². The molecule has 4 aromatic rings. The van der Waals surface area contributed by atoms with Gasteiger partial charge in [0.15, 0.2) is 23.0 Å². The van der Waals surface area contributed by atoms with Crippen molar-refractivity contribution in [2.75, 3.05) is 13.4 Å². The van der Waals surface area contributed by atoms with Gasteiger partial charge in [0.05, 0.1) is 18.4 Å². The van der Waals surface area contributed by atoms with Crippen molar-refractivity contribution >= 4 is 30.1 Å². The van der Waals surface area contributed by atoms with Crippen LogP contribution in [0, 0.1) is 5.82 Å². The average Bonchev–Trinajstić information content (AvgIpc) is 3.51. The molecule has 0 saturated heterocycles. The zero-order valence-corrected chi connectivity index (χ0v) is 23.4. The second-order valence-corrected chi connectivity index (χ2v) is 9.23. The Morgan fingerprint density at radius 1 is 0.864 bits per heavy atom. The Bertz CT molecular complexity index is 1740. The maximum Gasteiger partial charge on any atom is 0.343 e. The predicted octanol–water partition coefficient (Wildman–Crippen LogP) is 5.09. The lowest BCUT2D eigenvalue weighted by molar-refractivity contribution is -0.117. The summed E-state index contributed by atoms with van der Waals surface area (Å²) in [6, 6.07) is 23.2. The molecular weight excluding hydrogens is 569 g/mol. The number of amides is 2. The Morgan fingerprint density at radius 2 is 1.61 bits per heavy atom. The van der Waals surface area contributed by atoms with Crippen LogP contribution in [0.15, 0.2) is 102 Å². The zero-order valence-electron chi connectivity index (χ0n) is 23.4. The molecule has 1 aliphatic rings. The molecule has 4 aromatic carbocycles. The first kappa shape index (κ1) is 29.5. The first-order valence-corrected chi connectivity index (χ1v) is 13.5. The SMILES string of the molecule is CCOc1cc(/C=N\NC(=O)/C(=C\c2ccc3c(c2)OCO3)NC(=O)c2ccccc2)ccc1OC(=O)c1ccc(F)cc1. The number of rotatable bonds is 10. The molecule has 0 atom stereocenters. The first-order valence-electron chi connectivity index (χ1n) is 13.5. The quantitative estimate of drug-likeness (QED) is 0.0860. The van der Waals surface area contributed by atoms with Crippen LogP contribution in [0.25, 0.3) is 6.08 Å². The Balaban J connectivity index is 1.31. The number of nitrogens with zero attached hydrogens (tertiary/aromatic N) is 1. The lowest BCUT2D eigenvalue weighted by Gasteiger charge is -2.11. The van der Waals surface area contributed by atoms with Gasteiger partial charge in [-0.2, -0.15) is 5.10 Å². The number of nitrogens with one attached hydrogen (secondary N) is 2. The van der Waals surface area contributed by atoms with Crippen molar-refractivity contribution in [3.05, 3.63) is 125 Å². The summed E-state index contributed by atoms with van der Waals surface area (Å²) in [7, 11) is 0. The summed E-state index contributed by atoms with van der Waals surface area (Å²) in [5.74, 6) is -0.810. The second kappa shape index (κ2) is 13.8. The van der Waals surface area contributed by atoms with Gasteiger partial charge in [-0.15, -0.1) is 0 Å². The smallest absolute Gasteiger partial charge is 0.343 e. The first-order chi connectivity index (χ1) is 21.4. The van der Waals surface area contributed by atoms with Crippen LogP contribution in [-0.4, -0.2) is 37.4 Å². The Kier molecular flexibility index (Phi) is 9.26. The minimum Gasteiger partial charge on any atom is -0.490 e. The third kappa shape index (κ3) is 7.45. The Morgan fingerprint density at radius 3 is 2.39 bits per heavy atom. The molecule has 0 fully saturated rings. The predicted molar refractivity (Wildman–Crippen MR) is 159 cm³/mol. The van der Waals surface area contributed by atoms with Gasteiger partial charge >= 0.3 is 5.97 Å². The number of hydrogen-bond acceptors (Lipinski definition) is 8. The van der Waals surface area contributed by atoms with Crippen LogP contribution in [0.2, 0.25) is 0 Å². The van der Waals surface area contributed by atoms with E-state index in [1.54, 1.807) is 67.6 Å². The van der Waals surface area contributed by atoms with E-state index in [0.717, 1.165) is 12.1 Å². The van der Waals surface area contributed by atoms with Gasteiger partial charge in [-0.05, 0) is 90.9 Å². The highest BCUT2D eigenvalue weighted by atomic mass is 19.1. The van der Waals surface area contributed by atoms with Crippen LogP contribution in [0.5, 0.6) is 23.0 Å². The average molecular weight is 596 g/mol. The fourth-order valence-corrected chi connectivity index (χ4v) is 4.04. The third-order valence-corrected chi connectivity index (χ3v) is 6.17. The lowest BCUT2D eigenvalue weighted by Crippen LogP contribution is -2.32. The highest BCUT2D eigenvalue weighted by Crippen LogP contribution is 2.33. The molecule has 10 nitrogen and oxygen atoms in total. The molecule has 0 aliphatic carbocycles. The molecule has 0 bridgehead atoms. The molecular formula is C33H26FN3O7. The largest absolute Gasteiger partial charge is 0.490 e. The summed E-state index contributed by atoms with van der Waals surface area (Å²) in [5, 5.41) is 6.67. The van der Waals surface area contributed by atoms with Gasteiger partial charge in [-0.3, -0.25) is 9.59 Å². The summed E-state index contributed by atoms with van der Waals surface area (Å²) in [6.45, 7) is 2.15. The normalized spacial score (nSPS) is 12.1. The number of fused-ring (bicyclic) bond motifs is 1. The standard InChI is InChI=1S/C33H26FN3O7/c1-2-41-30-18-22(9-15-28(30)44-33(40)24-10-12-25(34)13-11-24)19-35-37-32(39)26(36-31(38)23-6-4-3-5-7-23)16-21-8-14-27-29(17-21)43-20-42-27/h3-19H,2,20H2,1H3,(H,36,38)(H,37,39)/b26-16+,35-19-. The van der Waals surface area contributed by atoms with Crippen LogP contribution < -0.4 is 29.7 Å². The summed E-state index contributed by atoms with van der Waals surface area (Å²) in [6.07, 6.45) is 2.86. The van der Waals surface area contributed by atoms with Crippen molar-refractivity contribution in [3.8, 4) is 23.0 Å². The fraction of sp³-hybridized carbons (Fsp3) is 0.0909. The molecule has 1 aliphatic heterocycles. The Hall–Kier alpha value is -5.97. The van der Waals surface area contributed by atoms with E-state index in [1.807, 2.05) is 0 Å². The van der Waals surface area contributed by atoms with Crippen LogP contribution in [0.1, 0.15) is 38.8 Å². The van der Waals surface area contributed by atoms with Crippen LogP contribution in [0.3, 0.4) is 0 Å².